The summed E-state index contributed by atoms with van der Waals surface area (Å²) in [6, 6.07) is 11.2. The first-order valence-electron chi connectivity index (χ1n) is 7.75. The number of aromatic nitrogens is 2. The van der Waals surface area contributed by atoms with E-state index < -0.39 is 6.67 Å². The normalized spacial score (nSPS) is 14.0. The molecule has 4 nitrogen and oxygen atoms in total. The summed E-state index contributed by atoms with van der Waals surface area (Å²) < 4.78 is 15.4. The summed E-state index contributed by atoms with van der Waals surface area (Å²) in [5.41, 5.74) is 4.23. The zero-order chi connectivity index (χ0) is 16.7. The van der Waals surface area contributed by atoms with Crippen molar-refractivity contribution in [1.82, 2.24) is 14.5 Å². The van der Waals surface area contributed by atoms with Crippen molar-refractivity contribution in [1.29, 1.82) is 0 Å². The summed E-state index contributed by atoms with van der Waals surface area (Å²) in [5.74, 6) is -0.0740. The lowest BCUT2D eigenvalue weighted by Crippen LogP contribution is -2.36. The molecule has 0 radical (unpaired) electrons. The van der Waals surface area contributed by atoms with Crippen LogP contribution in [0.2, 0.25) is 0 Å². The van der Waals surface area contributed by atoms with E-state index >= 15 is 0 Å². The second-order valence-corrected chi connectivity index (χ2v) is 6.88. The predicted octanol–water partition coefficient (Wildman–Crippen LogP) is 3.76. The van der Waals surface area contributed by atoms with Crippen molar-refractivity contribution in [2.75, 3.05) is 6.54 Å². The number of hydrogen-bond donors (Lipinski definition) is 0. The minimum atomic E-state index is -0.452. The van der Waals surface area contributed by atoms with Crippen molar-refractivity contribution in [3.05, 3.63) is 69.5 Å². The van der Waals surface area contributed by atoms with Gasteiger partial charge in [0.25, 0.3) is 5.91 Å². The predicted molar refractivity (Wildman–Crippen MR) is 92.6 cm³/mol. The Morgan fingerprint density at radius 2 is 2.08 bits per heavy atom. The fourth-order valence-corrected chi connectivity index (χ4v) is 3.42. The molecule has 3 aromatic rings. The molecule has 0 saturated heterocycles. The number of pyridine rings is 1. The number of carbonyl (C=O) groups is 1. The van der Waals surface area contributed by atoms with Gasteiger partial charge in [0.15, 0.2) is 5.69 Å². The fraction of sp³-hybridized carbons (Fsp3) is 0.222. The monoisotopic (exact) mass is 387 g/mol. The molecule has 0 saturated carbocycles. The van der Waals surface area contributed by atoms with Gasteiger partial charge >= 0.3 is 0 Å². The first-order valence-corrected chi connectivity index (χ1v) is 8.54. The van der Waals surface area contributed by atoms with Gasteiger partial charge in [0.05, 0.1) is 5.52 Å². The molecule has 4 rings (SSSR count). The van der Waals surface area contributed by atoms with E-state index in [2.05, 4.69) is 21.0 Å². The molecule has 3 heterocycles. The second kappa shape index (κ2) is 6.02. The van der Waals surface area contributed by atoms with Crippen LogP contribution in [0.5, 0.6) is 0 Å². The third kappa shape index (κ3) is 2.71. The molecule has 1 aliphatic rings. The van der Waals surface area contributed by atoms with Gasteiger partial charge in [-0.1, -0.05) is 18.2 Å². The van der Waals surface area contributed by atoms with Crippen molar-refractivity contribution >= 4 is 27.4 Å². The molecule has 122 valence electrons. The number of fused-ring (bicyclic) bond motifs is 2. The van der Waals surface area contributed by atoms with Crippen LogP contribution in [0.25, 0.3) is 5.52 Å². The summed E-state index contributed by atoms with van der Waals surface area (Å²) in [6.45, 7) is 0.712. The number of carbonyl (C=O) groups excluding carboxylic acids is 1. The average molecular weight is 388 g/mol. The van der Waals surface area contributed by atoms with E-state index in [9.17, 15) is 9.18 Å². The van der Waals surface area contributed by atoms with Gasteiger partial charge in [-0.15, -0.1) is 0 Å². The quantitative estimate of drug-likeness (QED) is 0.671. The molecule has 0 fully saturated rings. The van der Waals surface area contributed by atoms with Gasteiger partial charge in [0, 0.05) is 23.8 Å². The van der Waals surface area contributed by atoms with Crippen molar-refractivity contribution in [3.63, 3.8) is 0 Å². The maximum atomic E-state index is 12.8. The molecule has 0 N–H and O–H groups in total. The molecule has 0 bridgehead atoms. The lowest BCUT2D eigenvalue weighted by Gasteiger charge is -2.28. The standard InChI is InChI=1S/C18H15BrFN3O/c19-15-3-4-16-8-17(21-23(16)11-15)18(24)22-6-5-13-7-12(9-20)1-2-14(13)10-22/h1-4,7-8,11H,5-6,9-10H2. The van der Waals surface area contributed by atoms with Gasteiger partial charge in [-0.2, -0.15) is 5.10 Å². The number of halogens is 2. The first kappa shape index (κ1) is 15.3. The zero-order valence-corrected chi connectivity index (χ0v) is 14.5. The van der Waals surface area contributed by atoms with Crippen molar-refractivity contribution in [2.24, 2.45) is 0 Å². The Morgan fingerprint density at radius 3 is 2.92 bits per heavy atom. The Balaban J connectivity index is 1.60. The highest BCUT2D eigenvalue weighted by Crippen LogP contribution is 2.22. The van der Waals surface area contributed by atoms with Crippen molar-refractivity contribution in [2.45, 2.75) is 19.6 Å². The van der Waals surface area contributed by atoms with Crippen LogP contribution in [-0.2, 0) is 19.6 Å². The molecular weight excluding hydrogens is 373 g/mol. The maximum absolute atomic E-state index is 12.8. The van der Waals surface area contributed by atoms with Gasteiger partial charge < -0.3 is 4.90 Å². The van der Waals surface area contributed by atoms with Crippen LogP contribution in [0.1, 0.15) is 27.2 Å². The zero-order valence-electron chi connectivity index (χ0n) is 12.9. The highest BCUT2D eigenvalue weighted by molar-refractivity contribution is 9.10. The third-order valence-electron chi connectivity index (χ3n) is 4.37. The molecule has 0 aliphatic carbocycles. The van der Waals surface area contributed by atoms with Crippen molar-refractivity contribution in [3.8, 4) is 0 Å². The smallest absolute Gasteiger partial charge is 0.274 e. The molecule has 1 amide bonds. The van der Waals surface area contributed by atoms with E-state index in [1.807, 2.05) is 30.5 Å². The van der Waals surface area contributed by atoms with E-state index in [1.165, 1.54) is 0 Å². The van der Waals surface area contributed by atoms with Crippen LogP contribution in [-0.4, -0.2) is 27.0 Å². The summed E-state index contributed by atoms with van der Waals surface area (Å²) in [4.78, 5) is 14.6. The topological polar surface area (TPSA) is 37.6 Å². The summed E-state index contributed by atoms with van der Waals surface area (Å²) in [7, 11) is 0. The summed E-state index contributed by atoms with van der Waals surface area (Å²) in [6.07, 6.45) is 2.57. The number of nitrogens with zero attached hydrogens (tertiary/aromatic N) is 3. The fourth-order valence-electron chi connectivity index (χ4n) is 3.09. The number of benzene rings is 1. The van der Waals surface area contributed by atoms with Crippen LogP contribution in [0, 0.1) is 0 Å². The largest absolute Gasteiger partial charge is 0.333 e. The number of rotatable bonds is 2. The van der Waals surface area contributed by atoms with E-state index in [0.29, 0.717) is 24.3 Å². The maximum Gasteiger partial charge on any atom is 0.274 e. The summed E-state index contributed by atoms with van der Waals surface area (Å²) in [5, 5.41) is 4.38. The molecular formula is C18H15BrFN3O. The van der Waals surface area contributed by atoms with Crippen LogP contribution in [0.3, 0.4) is 0 Å². The van der Waals surface area contributed by atoms with Crippen molar-refractivity contribution < 1.29 is 9.18 Å². The van der Waals surface area contributed by atoms with E-state index in [4.69, 9.17) is 0 Å². The summed E-state index contributed by atoms with van der Waals surface area (Å²) >= 11 is 3.40. The Morgan fingerprint density at radius 1 is 1.21 bits per heavy atom. The Kier molecular flexibility index (Phi) is 3.84. The lowest BCUT2D eigenvalue weighted by atomic mass is 9.97. The van der Waals surface area contributed by atoms with Gasteiger partial charge in [-0.3, -0.25) is 4.79 Å². The van der Waals surface area contributed by atoms with E-state index in [1.54, 1.807) is 21.5 Å². The second-order valence-electron chi connectivity index (χ2n) is 5.96. The van der Waals surface area contributed by atoms with Crippen LogP contribution < -0.4 is 0 Å². The highest BCUT2D eigenvalue weighted by atomic mass is 79.9. The third-order valence-corrected chi connectivity index (χ3v) is 4.84. The Labute approximate surface area is 147 Å². The minimum absolute atomic E-state index is 0.0740. The highest BCUT2D eigenvalue weighted by Gasteiger charge is 2.24. The van der Waals surface area contributed by atoms with E-state index in [-0.39, 0.29) is 5.91 Å². The molecule has 6 heteroatoms. The average Bonchev–Trinajstić information content (AvgIpc) is 3.03. The lowest BCUT2D eigenvalue weighted by molar-refractivity contribution is 0.0728. The van der Waals surface area contributed by atoms with Gasteiger partial charge in [-0.25, -0.2) is 8.91 Å². The van der Waals surface area contributed by atoms with E-state index in [0.717, 1.165) is 27.5 Å². The number of hydrogen-bond acceptors (Lipinski definition) is 2. The van der Waals surface area contributed by atoms with Gasteiger partial charge in [0.1, 0.15) is 6.67 Å². The Bertz CT molecular complexity index is 937. The SMILES string of the molecule is O=C(c1cc2ccc(Br)cn2n1)N1CCc2cc(CF)ccc2C1. The first-order chi connectivity index (χ1) is 11.6. The molecule has 0 atom stereocenters. The van der Waals surface area contributed by atoms with Gasteiger partial charge in [0.2, 0.25) is 0 Å². The molecule has 0 spiro atoms. The van der Waals surface area contributed by atoms with Crippen LogP contribution >= 0.6 is 15.9 Å². The van der Waals surface area contributed by atoms with Crippen LogP contribution in [0.4, 0.5) is 4.39 Å². The number of amides is 1. The molecule has 1 aliphatic heterocycles. The molecule has 24 heavy (non-hydrogen) atoms. The Hall–Kier alpha value is -2.21. The number of alkyl halides is 1. The van der Waals surface area contributed by atoms with Crippen LogP contribution in [0.15, 0.2) is 47.1 Å². The molecule has 2 aromatic heterocycles. The van der Waals surface area contributed by atoms with Gasteiger partial charge in [-0.05, 0) is 57.2 Å². The minimum Gasteiger partial charge on any atom is -0.333 e. The molecule has 0 unspecified atom stereocenters. The molecule has 1 aromatic carbocycles.